The number of pyridine rings is 1. The second kappa shape index (κ2) is 7.69. The van der Waals surface area contributed by atoms with Crippen LogP contribution >= 0.6 is 0 Å². The summed E-state index contributed by atoms with van der Waals surface area (Å²) in [5.41, 5.74) is 6.99. The average molecular weight is 340 g/mol. The molecular formula is C17H20N6O2. The number of carbonyl (C=O) groups is 2. The predicted octanol–water partition coefficient (Wildman–Crippen LogP) is 0.736. The SMILES string of the molecule is Nc1ccc(C(=O)N2CCC(CCNC(=O)c3cncnc3)C2)nc1. The van der Waals surface area contributed by atoms with Crippen molar-refractivity contribution in [2.24, 2.45) is 5.92 Å². The van der Waals surface area contributed by atoms with Gasteiger partial charge in [-0.05, 0) is 30.9 Å². The number of nitrogen functional groups attached to an aromatic ring is 1. The summed E-state index contributed by atoms with van der Waals surface area (Å²) in [6.07, 6.45) is 7.58. The lowest BCUT2D eigenvalue weighted by Crippen LogP contribution is -2.30. The fourth-order valence-corrected chi connectivity index (χ4v) is 2.85. The molecular weight excluding hydrogens is 320 g/mol. The number of nitrogens with zero attached hydrogens (tertiary/aromatic N) is 4. The number of rotatable bonds is 5. The second-order valence-electron chi connectivity index (χ2n) is 6.05. The van der Waals surface area contributed by atoms with Crippen molar-refractivity contribution in [2.75, 3.05) is 25.4 Å². The molecule has 1 unspecified atom stereocenters. The lowest BCUT2D eigenvalue weighted by atomic mass is 10.1. The molecule has 0 bridgehead atoms. The van der Waals surface area contributed by atoms with Gasteiger partial charge in [0.05, 0.1) is 17.4 Å². The van der Waals surface area contributed by atoms with Gasteiger partial charge in [-0.15, -0.1) is 0 Å². The summed E-state index contributed by atoms with van der Waals surface area (Å²) in [4.78, 5) is 37.9. The summed E-state index contributed by atoms with van der Waals surface area (Å²) in [7, 11) is 0. The Hall–Kier alpha value is -3.03. The number of anilines is 1. The summed E-state index contributed by atoms with van der Waals surface area (Å²) in [5, 5.41) is 2.86. The highest BCUT2D eigenvalue weighted by Crippen LogP contribution is 2.21. The maximum atomic E-state index is 12.4. The first kappa shape index (κ1) is 16.8. The minimum atomic E-state index is -0.183. The van der Waals surface area contributed by atoms with Gasteiger partial charge < -0.3 is 16.0 Å². The lowest BCUT2D eigenvalue weighted by Gasteiger charge is -2.16. The fourth-order valence-electron chi connectivity index (χ4n) is 2.85. The Morgan fingerprint density at radius 2 is 2.04 bits per heavy atom. The Balaban J connectivity index is 1.44. The number of likely N-dealkylation sites (tertiary alicyclic amines) is 1. The molecule has 3 heterocycles. The third kappa shape index (κ3) is 4.28. The maximum absolute atomic E-state index is 12.4. The molecule has 8 nitrogen and oxygen atoms in total. The normalized spacial score (nSPS) is 16.6. The van der Waals surface area contributed by atoms with Crippen molar-refractivity contribution < 1.29 is 9.59 Å². The van der Waals surface area contributed by atoms with Gasteiger partial charge in [-0.25, -0.2) is 15.0 Å². The van der Waals surface area contributed by atoms with Gasteiger partial charge in [0.1, 0.15) is 12.0 Å². The molecule has 0 aromatic carbocycles. The molecule has 8 heteroatoms. The average Bonchev–Trinajstić information content (AvgIpc) is 3.11. The van der Waals surface area contributed by atoms with Crippen molar-refractivity contribution in [1.82, 2.24) is 25.2 Å². The molecule has 0 radical (unpaired) electrons. The van der Waals surface area contributed by atoms with Crippen molar-refractivity contribution in [3.63, 3.8) is 0 Å². The molecule has 1 fully saturated rings. The van der Waals surface area contributed by atoms with Gasteiger partial charge in [-0.3, -0.25) is 9.59 Å². The predicted molar refractivity (Wildman–Crippen MR) is 91.6 cm³/mol. The number of amides is 2. The molecule has 2 aromatic heterocycles. The molecule has 2 amide bonds. The minimum Gasteiger partial charge on any atom is -0.397 e. The summed E-state index contributed by atoms with van der Waals surface area (Å²) in [6.45, 7) is 1.94. The van der Waals surface area contributed by atoms with Crippen LogP contribution in [0.2, 0.25) is 0 Å². The molecule has 1 aliphatic heterocycles. The smallest absolute Gasteiger partial charge is 0.272 e. The Kier molecular flexibility index (Phi) is 5.17. The van der Waals surface area contributed by atoms with Crippen LogP contribution in [0.1, 0.15) is 33.7 Å². The Morgan fingerprint density at radius 3 is 2.76 bits per heavy atom. The topological polar surface area (TPSA) is 114 Å². The van der Waals surface area contributed by atoms with E-state index >= 15 is 0 Å². The number of hydrogen-bond donors (Lipinski definition) is 2. The van der Waals surface area contributed by atoms with E-state index in [-0.39, 0.29) is 11.8 Å². The Labute approximate surface area is 145 Å². The maximum Gasteiger partial charge on any atom is 0.272 e. The van der Waals surface area contributed by atoms with E-state index in [1.807, 2.05) is 0 Å². The quantitative estimate of drug-likeness (QED) is 0.829. The molecule has 3 rings (SSSR count). The highest BCUT2D eigenvalue weighted by Gasteiger charge is 2.27. The van der Waals surface area contributed by atoms with Gasteiger partial charge in [-0.2, -0.15) is 0 Å². The highest BCUT2D eigenvalue weighted by atomic mass is 16.2. The molecule has 130 valence electrons. The van der Waals surface area contributed by atoms with E-state index in [0.29, 0.717) is 42.5 Å². The van der Waals surface area contributed by atoms with Crippen molar-refractivity contribution in [1.29, 1.82) is 0 Å². The first-order valence-electron chi connectivity index (χ1n) is 8.17. The summed E-state index contributed by atoms with van der Waals surface area (Å²) >= 11 is 0. The van der Waals surface area contributed by atoms with E-state index in [9.17, 15) is 9.59 Å². The Bertz CT molecular complexity index is 735. The molecule has 0 aliphatic carbocycles. The van der Waals surface area contributed by atoms with Gasteiger partial charge in [0.25, 0.3) is 11.8 Å². The van der Waals surface area contributed by atoms with Gasteiger partial charge in [0, 0.05) is 32.0 Å². The van der Waals surface area contributed by atoms with Gasteiger partial charge >= 0.3 is 0 Å². The van der Waals surface area contributed by atoms with Gasteiger partial charge in [-0.1, -0.05) is 0 Å². The monoisotopic (exact) mass is 340 g/mol. The molecule has 3 N–H and O–H groups in total. The molecule has 1 saturated heterocycles. The molecule has 25 heavy (non-hydrogen) atoms. The first-order chi connectivity index (χ1) is 12.1. The Morgan fingerprint density at radius 1 is 1.24 bits per heavy atom. The van der Waals surface area contributed by atoms with Crippen LogP contribution in [0.25, 0.3) is 0 Å². The van der Waals surface area contributed by atoms with Crippen LogP contribution in [0.4, 0.5) is 5.69 Å². The largest absolute Gasteiger partial charge is 0.397 e. The zero-order valence-electron chi connectivity index (χ0n) is 13.8. The zero-order chi connectivity index (χ0) is 17.6. The van der Waals surface area contributed by atoms with Crippen LogP contribution in [-0.4, -0.2) is 51.3 Å². The van der Waals surface area contributed by atoms with E-state index in [2.05, 4.69) is 20.3 Å². The standard InChI is InChI=1S/C17H20N6O2/c18-14-1-2-15(22-9-14)17(25)23-6-4-12(10-23)3-5-21-16(24)13-7-19-11-20-8-13/h1-2,7-9,11-12H,3-6,10,18H2,(H,21,24). The van der Waals surface area contributed by atoms with E-state index in [1.165, 1.54) is 24.9 Å². The van der Waals surface area contributed by atoms with Crippen LogP contribution < -0.4 is 11.1 Å². The van der Waals surface area contributed by atoms with E-state index in [1.54, 1.807) is 17.0 Å². The number of hydrogen-bond acceptors (Lipinski definition) is 6. The van der Waals surface area contributed by atoms with Crippen LogP contribution in [0.5, 0.6) is 0 Å². The number of nitrogens with one attached hydrogen (secondary N) is 1. The fraction of sp³-hybridized carbons (Fsp3) is 0.353. The highest BCUT2D eigenvalue weighted by molar-refractivity contribution is 5.93. The molecule has 1 aliphatic rings. The summed E-state index contributed by atoms with van der Waals surface area (Å²) < 4.78 is 0. The van der Waals surface area contributed by atoms with Crippen LogP contribution in [0.15, 0.2) is 37.1 Å². The summed E-state index contributed by atoms with van der Waals surface area (Å²) in [5.74, 6) is 0.107. The third-order valence-corrected chi connectivity index (χ3v) is 4.24. The third-order valence-electron chi connectivity index (χ3n) is 4.24. The van der Waals surface area contributed by atoms with Gasteiger partial charge in [0.15, 0.2) is 0 Å². The number of aromatic nitrogens is 3. The van der Waals surface area contributed by atoms with Crippen LogP contribution in [0, 0.1) is 5.92 Å². The van der Waals surface area contributed by atoms with Crippen LogP contribution in [-0.2, 0) is 0 Å². The number of carbonyl (C=O) groups excluding carboxylic acids is 2. The van der Waals surface area contributed by atoms with Crippen molar-refractivity contribution in [3.8, 4) is 0 Å². The number of nitrogens with two attached hydrogens (primary N) is 1. The van der Waals surface area contributed by atoms with Crippen molar-refractivity contribution in [2.45, 2.75) is 12.8 Å². The molecule has 2 aromatic rings. The minimum absolute atomic E-state index is 0.0760. The van der Waals surface area contributed by atoms with Crippen molar-refractivity contribution >= 4 is 17.5 Å². The van der Waals surface area contributed by atoms with Crippen LogP contribution in [0.3, 0.4) is 0 Å². The van der Waals surface area contributed by atoms with E-state index < -0.39 is 0 Å². The van der Waals surface area contributed by atoms with E-state index in [0.717, 1.165) is 12.8 Å². The molecule has 0 saturated carbocycles. The first-order valence-corrected chi connectivity index (χ1v) is 8.17. The van der Waals surface area contributed by atoms with E-state index in [4.69, 9.17) is 5.73 Å². The van der Waals surface area contributed by atoms with Crippen molar-refractivity contribution in [3.05, 3.63) is 48.3 Å². The molecule has 0 spiro atoms. The van der Waals surface area contributed by atoms with Gasteiger partial charge in [0.2, 0.25) is 0 Å². The molecule has 1 atom stereocenters. The second-order valence-corrected chi connectivity index (χ2v) is 6.05. The lowest BCUT2D eigenvalue weighted by molar-refractivity contribution is 0.0779. The zero-order valence-corrected chi connectivity index (χ0v) is 13.8. The summed E-state index contributed by atoms with van der Waals surface area (Å²) in [6, 6.07) is 3.32.